The van der Waals surface area contributed by atoms with Gasteiger partial charge in [0.25, 0.3) is 5.56 Å². The van der Waals surface area contributed by atoms with Gasteiger partial charge in [0.05, 0.1) is 10.7 Å². The van der Waals surface area contributed by atoms with Crippen LogP contribution in [0.5, 0.6) is 0 Å². The maximum absolute atomic E-state index is 11.9. The Labute approximate surface area is 129 Å². The lowest BCUT2D eigenvalue weighted by atomic mass is 10.1. The fourth-order valence-electron chi connectivity index (χ4n) is 1.67. The summed E-state index contributed by atoms with van der Waals surface area (Å²) in [5.74, 6) is 0.570. The highest BCUT2D eigenvalue weighted by molar-refractivity contribution is 9.10. The summed E-state index contributed by atoms with van der Waals surface area (Å²) in [6, 6.07) is 5.07. The van der Waals surface area contributed by atoms with Gasteiger partial charge in [0.15, 0.2) is 0 Å². The Balaban J connectivity index is 2.66. The van der Waals surface area contributed by atoms with E-state index in [9.17, 15) is 4.79 Å². The molecule has 0 unspecified atom stereocenters. The van der Waals surface area contributed by atoms with Gasteiger partial charge in [0.1, 0.15) is 10.3 Å². The molecule has 0 radical (unpaired) electrons. The molecular weight excluding hydrogens is 351 g/mol. The number of hydrogen-bond donors (Lipinski definition) is 1. The van der Waals surface area contributed by atoms with Crippen LogP contribution in [-0.4, -0.2) is 9.97 Å². The van der Waals surface area contributed by atoms with E-state index in [-0.39, 0.29) is 11.5 Å². The number of rotatable bonds is 2. The first kappa shape index (κ1) is 14.6. The van der Waals surface area contributed by atoms with Crippen molar-refractivity contribution in [3.8, 4) is 11.4 Å². The van der Waals surface area contributed by atoms with Crippen molar-refractivity contribution in [2.45, 2.75) is 19.8 Å². The molecule has 3 nitrogen and oxygen atoms in total. The van der Waals surface area contributed by atoms with Gasteiger partial charge in [-0.3, -0.25) is 4.79 Å². The quantitative estimate of drug-likeness (QED) is 0.847. The summed E-state index contributed by atoms with van der Waals surface area (Å²) in [5, 5.41) is 0.991. The van der Waals surface area contributed by atoms with Crippen molar-refractivity contribution in [2.75, 3.05) is 0 Å². The molecular formula is C13H11BrCl2N2O. The molecule has 0 aliphatic heterocycles. The summed E-state index contributed by atoms with van der Waals surface area (Å²) in [5.41, 5.74) is 1.13. The van der Waals surface area contributed by atoms with Crippen LogP contribution in [0.25, 0.3) is 11.4 Å². The van der Waals surface area contributed by atoms with Crippen LogP contribution in [0.1, 0.15) is 25.5 Å². The van der Waals surface area contributed by atoms with Crippen LogP contribution in [0.4, 0.5) is 0 Å². The summed E-state index contributed by atoms with van der Waals surface area (Å²) in [4.78, 5) is 19.1. The van der Waals surface area contributed by atoms with E-state index >= 15 is 0 Å². The number of halogens is 3. The normalized spacial score (nSPS) is 11.1. The third-order valence-electron chi connectivity index (χ3n) is 2.62. The van der Waals surface area contributed by atoms with Crippen molar-refractivity contribution < 1.29 is 0 Å². The van der Waals surface area contributed by atoms with Crippen molar-refractivity contribution in [1.82, 2.24) is 9.97 Å². The average molecular weight is 362 g/mol. The van der Waals surface area contributed by atoms with Gasteiger partial charge in [-0.2, -0.15) is 0 Å². The van der Waals surface area contributed by atoms with E-state index in [0.717, 1.165) is 0 Å². The molecule has 1 heterocycles. The zero-order valence-corrected chi connectivity index (χ0v) is 13.4. The first-order chi connectivity index (χ1) is 8.90. The Morgan fingerprint density at radius 2 is 2.00 bits per heavy atom. The van der Waals surface area contributed by atoms with Gasteiger partial charge in [-0.25, -0.2) is 4.98 Å². The second-order valence-electron chi connectivity index (χ2n) is 4.39. The number of aromatic nitrogens is 2. The van der Waals surface area contributed by atoms with Crippen LogP contribution in [0.15, 0.2) is 27.5 Å². The van der Waals surface area contributed by atoms with E-state index in [2.05, 4.69) is 25.9 Å². The van der Waals surface area contributed by atoms with Crippen LogP contribution in [-0.2, 0) is 0 Å². The van der Waals surface area contributed by atoms with Gasteiger partial charge >= 0.3 is 0 Å². The smallest absolute Gasteiger partial charge is 0.265 e. The molecule has 1 aromatic heterocycles. The van der Waals surface area contributed by atoms with Crippen LogP contribution in [0.3, 0.4) is 0 Å². The van der Waals surface area contributed by atoms with Gasteiger partial charge in [-0.1, -0.05) is 37.0 Å². The minimum Gasteiger partial charge on any atom is -0.305 e. The Kier molecular flexibility index (Phi) is 4.33. The van der Waals surface area contributed by atoms with Crippen molar-refractivity contribution in [3.05, 3.63) is 48.8 Å². The maximum atomic E-state index is 11.9. The molecule has 0 spiro atoms. The molecule has 1 aromatic carbocycles. The number of aromatic amines is 1. The second-order valence-corrected chi connectivity index (χ2v) is 6.03. The minimum absolute atomic E-state index is 0.126. The van der Waals surface area contributed by atoms with Gasteiger partial charge in [-0.15, -0.1) is 0 Å². The molecule has 0 bridgehead atoms. The van der Waals surface area contributed by atoms with E-state index in [1.165, 1.54) is 0 Å². The Morgan fingerprint density at radius 3 is 2.58 bits per heavy atom. The molecule has 0 saturated heterocycles. The van der Waals surface area contributed by atoms with Gasteiger partial charge in [-0.05, 0) is 40.0 Å². The van der Waals surface area contributed by atoms with E-state index < -0.39 is 0 Å². The predicted octanol–water partition coefficient (Wildman–Crippen LogP) is 4.63. The van der Waals surface area contributed by atoms with E-state index in [1.54, 1.807) is 18.2 Å². The Bertz CT molecular complexity index is 683. The lowest BCUT2D eigenvalue weighted by molar-refractivity contribution is 0.803. The zero-order valence-electron chi connectivity index (χ0n) is 10.3. The molecule has 0 saturated carbocycles. The number of nitrogens with zero attached hydrogens (tertiary/aromatic N) is 1. The van der Waals surface area contributed by atoms with E-state index in [0.29, 0.717) is 31.6 Å². The van der Waals surface area contributed by atoms with E-state index in [4.69, 9.17) is 23.2 Å². The lowest BCUT2D eigenvalue weighted by Crippen LogP contribution is -2.14. The topological polar surface area (TPSA) is 45.8 Å². The van der Waals surface area contributed by atoms with Crippen molar-refractivity contribution in [3.63, 3.8) is 0 Å². The third-order valence-corrected chi connectivity index (χ3v) is 3.94. The monoisotopic (exact) mass is 360 g/mol. The third kappa shape index (κ3) is 3.02. The summed E-state index contributed by atoms with van der Waals surface area (Å²) < 4.78 is 0.455. The molecule has 100 valence electrons. The van der Waals surface area contributed by atoms with Gasteiger partial charge in [0.2, 0.25) is 0 Å². The highest BCUT2D eigenvalue weighted by atomic mass is 79.9. The number of benzene rings is 1. The Morgan fingerprint density at radius 1 is 1.32 bits per heavy atom. The average Bonchev–Trinajstić information content (AvgIpc) is 2.32. The first-order valence-electron chi connectivity index (χ1n) is 5.65. The zero-order chi connectivity index (χ0) is 14.2. The molecule has 2 rings (SSSR count). The van der Waals surface area contributed by atoms with E-state index in [1.807, 2.05) is 13.8 Å². The summed E-state index contributed by atoms with van der Waals surface area (Å²) in [6.07, 6.45) is 0. The molecule has 0 amide bonds. The highest BCUT2D eigenvalue weighted by Gasteiger charge is 2.14. The van der Waals surface area contributed by atoms with Crippen LogP contribution in [0.2, 0.25) is 10.0 Å². The van der Waals surface area contributed by atoms with Crippen molar-refractivity contribution in [2.24, 2.45) is 0 Å². The van der Waals surface area contributed by atoms with Crippen molar-refractivity contribution >= 4 is 39.1 Å². The fourth-order valence-corrected chi connectivity index (χ4v) is 2.81. The van der Waals surface area contributed by atoms with Gasteiger partial charge in [0, 0.05) is 10.6 Å². The van der Waals surface area contributed by atoms with Crippen molar-refractivity contribution in [1.29, 1.82) is 0 Å². The largest absolute Gasteiger partial charge is 0.305 e. The fraction of sp³-hybridized carbons (Fsp3) is 0.231. The Hall–Kier alpha value is -0.840. The molecule has 1 N–H and O–H groups in total. The summed E-state index contributed by atoms with van der Waals surface area (Å²) in [6.45, 7) is 3.94. The summed E-state index contributed by atoms with van der Waals surface area (Å²) >= 11 is 15.2. The number of hydrogen-bond acceptors (Lipinski definition) is 2. The first-order valence-corrected chi connectivity index (χ1v) is 7.20. The molecule has 2 aromatic rings. The summed E-state index contributed by atoms with van der Waals surface area (Å²) in [7, 11) is 0. The molecule has 6 heteroatoms. The molecule has 19 heavy (non-hydrogen) atoms. The predicted molar refractivity (Wildman–Crippen MR) is 82.1 cm³/mol. The lowest BCUT2D eigenvalue weighted by Gasteiger charge is -2.10. The number of nitrogens with one attached hydrogen (secondary N) is 1. The molecule has 0 aliphatic carbocycles. The SMILES string of the molecule is CC(C)c1nc(-c2ccc(Cl)cc2Cl)[nH]c(=O)c1Br. The van der Waals surface area contributed by atoms with Crippen LogP contribution < -0.4 is 5.56 Å². The van der Waals surface area contributed by atoms with Crippen LogP contribution in [0, 0.1) is 0 Å². The minimum atomic E-state index is -0.222. The molecule has 0 aliphatic rings. The number of H-pyrrole nitrogens is 1. The van der Waals surface area contributed by atoms with Gasteiger partial charge < -0.3 is 4.98 Å². The highest BCUT2D eigenvalue weighted by Crippen LogP contribution is 2.29. The molecule has 0 fully saturated rings. The standard InChI is InChI=1S/C13H11BrCl2N2O/c1-6(2)11-10(14)13(19)18-12(17-11)8-4-3-7(15)5-9(8)16/h3-6H,1-2H3,(H,17,18,19). The molecule has 0 atom stereocenters. The maximum Gasteiger partial charge on any atom is 0.265 e. The van der Waals surface area contributed by atoms with Crippen LogP contribution >= 0.6 is 39.1 Å². The second kappa shape index (κ2) is 5.65.